The van der Waals surface area contributed by atoms with Crippen molar-refractivity contribution in [3.05, 3.63) is 71.6 Å². The molecular weight excluding hydrogens is 355 g/mol. The van der Waals surface area contributed by atoms with E-state index in [0.29, 0.717) is 27.7 Å². The highest BCUT2D eigenvalue weighted by Gasteiger charge is 2.15. The van der Waals surface area contributed by atoms with Gasteiger partial charge >= 0.3 is 0 Å². The number of benzene rings is 2. The number of hydrogen-bond donors (Lipinski definition) is 1. The van der Waals surface area contributed by atoms with E-state index in [1.165, 1.54) is 7.11 Å². The van der Waals surface area contributed by atoms with Crippen LogP contribution in [-0.4, -0.2) is 21.7 Å². The van der Waals surface area contributed by atoms with Gasteiger partial charge in [-0.05, 0) is 30.3 Å². The van der Waals surface area contributed by atoms with E-state index in [9.17, 15) is 4.39 Å². The highest BCUT2D eigenvalue weighted by molar-refractivity contribution is 6.30. The number of anilines is 2. The van der Waals surface area contributed by atoms with Gasteiger partial charge in [0.15, 0.2) is 17.2 Å². The molecule has 5 nitrogen and oxygen atoms in total. The third-order valence-corrected chi connectivity index (χ3v) is 4.15. The lowest BCUT2D eigenvalue weighted by Gasteiger charge is -2.12. The predicted octanol–water partition coefficient (Wildman–Crippen LogP) is 4.94. The van der Waals surface area contributed by atoms with Crippen molar-refractivity contribution >= 4 is 28.8 Å². The van der Waals surface area contributed by atoms with Crippen LogP contribution in [-0.2, 0) is 0 Å². The Balaban J connectivity index is 1.86. The Hall–Kier alpha value is -3.12. The third-order valence-electron chi connectivity index (χ3n) is 3.92. The number of rotatable bonds is 4. The molecule has 4 aromatic rings. The first kappa shape index (κ1) is 16.4. The van der Waals surface area contributed by atoms with Crippen molar-refractivity contribution in [1.29, 1.82) is 0 Å². The Labute approximate surface area is 154 Å². The monoisotopic (exact) mass is 368 g/mol. The molecule has 0 saturated carbocycles. The number of methoxy groups -OCH3 is 1. The van der Waals surface area contributed by atoms with Crippen LogP contribution >= 0.6 is 11.6 Å². The van der Waals surface area contributed by atoms with Crippen LogP contribution in [0.1, 0.15) is 0 Å². The van der Waals surface area contributed by atoms with Gasteiger partial charge in [0.25, 0.3) is 0 Å². The van der Waals surface area contributed by atoms with Gasteiger partial charge in [-0.3, -0.25) is 0 Å². The van der Waals surface area contributed by atoms with Crippen LogP contribution < -0.4 is 10.1 Å². The van der Waals surface area contributed by atoms with Gasteiger partial charge in [-0.25, -0.2) is 13.9 Å². The van der Waals surface area contributed by atoms with E-state index in [2.05, 4.69) is 15.4 Å². The Morgan fingerprint density at radius 2 is 1.96 bits per heavy atom. The predicted molar refractivity (Wildman–Crippen MR) is 99.7 cm³/mol. The molecule has 2 heterocycles. The zero-order valence-electron chi connectivity index (χ0n) is 13.8. The molecule has 130 valence electrons. The fraction of sp³-hybridized carbons (Fsp3) is 0.0526. The first-order valence-corrected chi connectivity index (χ1v) is 8.24. The van der Waals surface area contributed by atoms with Crippen molar-refractivity contribution in [2.45, 2.75) is 0 Å². The summed E-state index contributed by atoms with van der Waals surface area (Å²) in [6, 6.07) is 15.8. The van der Waals surface area contributed by atoms with E-state index in [4.69, 9.17) is 16.3 Å². The largest absolute Gasteiger partial charge is 0.494 e. The molecule has 1 N–H and O–H groups in total. The minimum absolute atomic E-state index is 0.170. The summed E-state index contributed by atoms with van der Waals surface area (Å²) < 4.78 is 21.5. The van der Waals surface area contributed by atoms with Crippen molar-refractivity contribution in [1.82, 2.24) is 14.6 Å². The molecule has 0 saturated heterocycles. The molecule has 0 bridgehead atoms. The Morgan fingerprint density at radius 1 is 1.12 bits per heavy atom. The van der Waals surface area contributed by atoms with E-state index in [1.807, 2.05) is 12.1 Å². The van der Waals surface area contributed by atoms with Crippen LogP contribution in [0, 0.1) is 5.82 Å². The van der Waals surface area contributed by atoms with Crippen LogP contribution in [0.15, 0.2) is 60.8 Å². The lowest BCUT2D eigenvalue weighted by molar-refractivity contribution is 0.387. The Bertz CT molecular complexity index is 1100. The van der Waals surface area contributed by atoms with Crippen LogP contribution in [0.2, 0.25) is 5.02 Å². The molecule has 0 radical (unpaired) electrons. The fourth-order valence-corrected chi connectivity index (χ4v) is 2.94. The molecule has 7 heteroatoms. The molecule has 0 aliphatic rings. The smallest absolute Gasteiger partial charge is 0.174 e. The van der Waals surface area contributed by atoms with Gasteiger partial charge in [0.1, 0.15) is 5.82 Å². The Kier molecular flexibility index (Phi) is 4.18. The van der Waals surface area contributed by atoms with Gasteiger partial charge in [-0.1, -0.05) is 23.7 Å². The SMILES string of the molecule is COc1cccc(-c2cc(Nc3cccc(Cl)c3)nc3ccnn23)c1F. The van der Waals surface area contributed by atoms with Crippen molar-refractivity contribution < 1.29 is 9.13 Å². The summed E-state index contributed by atoms with van der Waals surface area (Å²) in [5.74, 6) is 0.271. The molecule has 0 spiro atoms. The maximum atomic E-state index is 14.8. The molecule has 2 aromatic heterocycles. The summed E-state index contributed by atoms with van der Waals surface area (Å²) in [5, 5.41) is 8.06. The number of aromatic nitrogens is 3. The molecular formula is C19H14ClFN4O. The summed E-state index contributed by atoms with van der Waals surface area (Å²) >= 11 is 6.03. The standard InChI is InChI=1S/C19H14ClFN4O/c1-26-16-7-3-6-14(19(16)21)15-11-17(24-18-8-9-22-25(15)18)23-13-5-2-4-12(20)10-13/h2-11H,1H3,(H,23,24). The molecule has 0 amide bonds. The van der Waals surface area contributed by atoms with E-state index in [1.54, 1.807) is 53.2 Å². The normalized spacial score (nSPS) is 10.9. The second kappa shape index (κ2) is 6.65. The van der Waals surface area contributed by atoms with E-state index in [-0.39, 0.29) is 5.75 Å². The van der Waals surface area contributed by atoms with Gasteiger partial charge in [-0.2, -0.15) is 5.10 Å². The van der Waals surface area contributed by atoms with E-state index >= 15 is 0 Å². The van der Waals surface area contributed by atoms with Gasteiger partial charge in [0.05, 0.1) is 19.0 Å². The maximum Gasteiger partial charge on any atom is 0.174 e. The summed E-state index contributed by atoms with van der Waals surface area (Å²) in [4.78, 5) is 4.51. The minimum atomic E-state index is -0.452. The topological polar surface area (TPSA) is 51.5 Å². The second-order valence-electron chi connectivity index (χ2n) is 5.58. The molecule has 0 aliphatic carbocycles. The lowest BCUT2D eigenvalue weighted by atomic mass is 10.1. The van der Waals surface area contributed by atoms with Crippen LogP contribution in [0.3, 0.4) is 0 Å². The highest BCUT2D eigenvalue weighted by atomic mass is 35.5. The first-order valence-electron chi connectivity index (χ1n) is 7.86. The number of nitrogens with one attached hydrogen (secondary N) is 1. The van der Waals surface area contributed by atoms with Gasteiger partial charge in [0.2, 0.25) is 0 Å². The average Bonchev–Trinajstić information content (AvgIpc) is 3.10. The molecule has 0 aliphatic heterocycles. The van der Waals surface area contributed by atoms with Crippen molar-refractivity contribution in [2.75, 3.05) is 12.4 Å². The summed E-state index contributed by atoms with van der Waals surface area (Å²) in [6.07, 6.45) is 1.62. The quantitative estimate of drug-likeness (QED) is 0.554. The summed E-state index contributed by atoms with van der Waals surface area (Å²) in [5.41, 5.74) is 2.30. The maximum absolute atomic E-state index is 14.8. The fourth-order valence-electron chi connectivity index (χ4n) is 2.75. The van der Waals surface area contributed by atoms with Crippen LogP contribution in [0.4, 0.5) is 15.9 Å². The van der Waals surface area contributed by atoms with Gasteiger partial charge in [-0.15, -0.1) is 0 Å². The summed E-state index contributed by atoms with van der Waals surface area (Å²) in [6.45, 7) is 0. The van der Waals surface area contributed by atoms with Crippen molar-refractivity contribution in [2.24, 2.45) is 0 Å². The molecule has 0 atom stereocenters. The molecule has 0 fully saturated rings. The zero-order valence-corrected chi connectivity index (χ0v) is 14.5. The highest BCUT2D eigenvalue weighted by Crippen LogP contribution is 2.31. The van der Waals surface area contributed by atoms with Gasteiger partial charge in [0, 0.05) is 28.4 Å². The number of halogens is 2. The molecule has 2 aromatic carbocycles. The number of hydrogen-bond acceptors (Lipinski definition) is 4. The number of fused-ring (bicyclic) bond motifs is 1. The summed E-state index contributed by atoms with van der Waals surface area (Å²) in [7, 11) is 1.43. The van der Waals surface area contributed by atoms with Crippen molar-refractivity contribution in [3.8, 4) is 17.0 Å². The molecule has 4 rings (SSSR count). The zero-order chi connectivity index (χ0) is 18.1. The minimum Gasteiger partial charge on any atom is -0.494 e. The second-order valence-corrected chi connectivity index (χ2v) is 6.02. The Morgan fingerprint density at radius 3 is 2.77 bits per heavy atom. The first-order chi connectivity index (χ1) is 12.7. The third kappa shape index (κ3) is 2.95. The van der Waals surface area contributed by atoms with E-state index in [0.717, 1.165) is 5.69 Å². The number of nitrogens with zero attached hydrogens (tertiary/aromatic N) is 3. The number of ether oxygens (including phenoxy) is 1. The van der Waals surface area contributed by atoms with E-state index < -0.39 is 5.82 Å². The van der Waals surface area contributed by atoms with Crippen LogP contribution in [0.5, 0.6) is 5.75 Å². The van der Waals surface area contributed by atoms with Gasteiger partial charge < -0.3 is 10.1 Å². The lowest BCUT2D eigenvalue weighted by Crippen LogP contribution is -2.02. The van der Waals surface area contributed by atoms with Crippen LogP contribution in [0.25, 0.3) is 16.9 Å². The average molecular weight is 369 g/mol. The van der Waals surface area contributed by atoms with Crippen molar-refractivity contribution in [3.63, 3.8) is 0 Å². The molecule has 0 unspecified atom stereocenters. The molecule has 26 heavy (non-hydrogen) atoms.